The quantitative estimate of drug-likeness (QED) is 0.805. The summed E-state index contributed by atoms with van der Waals surface area (Å²) in [6.45, 7) is 5.86. The molecule has 0 aliphatic carbocycles. The van der Waals surface area contributed by atoms with Gasteiger partial charge in [-0.2, -0.15) is 0 Å². The van der Waals surface area contributed by atoms with Gasteiger partial charge in [-0.15, -0.1) is 10.2 Å². The molecule has 0 radical (unpaired) electrons. The van der Waals surface area contributed by atoms with E-state index < -0.39 is 0 Å². The molecule has 2 aliphatic rings. The molecule has 1 fully saturated rings. The van der Waals surface area contributed by atoms with Crippen LogP contribution in [0.25, 0.3) is 0 Å². The molecule has 2 atom stereocenters. The second kappa shape index (κ2) is 4.14. The second-order valence-electron chi connectivity index (χ2n) is 4.54. The zero-order valence-corrected chi connectivity index (χ0v) is 9.65. The lowest BCUT2D eigenvalue weighted by molar-refractivity contribution is 0.192. The first-order chi connectivity index (χ1) is 7.90. The van der Waals surface area contributed by atoms with Gasteiger partial charge in [0, 0.05) is 25.6 Å². The number of nitrogens with one attached hydrogen (secondary N) is 1. The molecule has 2 unspecified atom stereocenters. The van der Waals surface area contributed by atoms with Gasteiger partial charge >= 0.3 is 0 Å². The van der Waals surface area contributed by atoms with E-state index in [2.05, 4.69) is 27.0 Å². The predicted octanol–water partition coefficient (Wildman–Crippen LogP) is 0.836. The summed E-state index contributed by atoms with van der Waals surface area (Å²) < 4.78 is 7.72. The van der Waals surface area contributed by atoms with Crippen molar-refractivity contribution in [3.05, 3.63) is 11.6 Å². The molecule has 1 aromatic rings. The van der Waals surface area contributed by atoms with Crippen LogP contribution >= 0.6 is 0 Å². The van der Waals surface area contributed by atoms with Crippen molar-refractivity contribution in [1.29, 1.82) is 0 Å². The molecule has 5 heteroatoms. The summed E-state index contributed by atoms with van der Waals surface area (Å²) in [5.74, 6) is 2.69. The van der Waals surface area contributed by atoms with Gasteiger partial charge in [0.15, 0.2) is 0 Å². The topological polar surface area (TPSA) is 52.0 Å². The fourth-order valence-corrected chi connectivity index (χ4v) is 2.62. The molecule has 3 heterocycles. The molecule has 0 amide bonds. The molecular formula is C11H18N4O. The van der Waals surface area contributed by atoms with Crippen molar-refractivity contribution >= 4 is 0 Å². The van der Waals surface area contributed by atoms with E-state index in [0.717, 1.165) is 50.8 Å². The highest BCUT2D eigenvalue weighted by molar-refractivity contribution is 5.09. The SMILES string of the molecule is CCC1NCCn2c(C3CCOC3)nnc21. The maximum atomic E-state index is 5.43. The highest BCUT2D eigenvalue weighted by Crippen LogP contribution is 2.27. The summed E-state index contributed by atoms with van der Waals surface area (Å²) in [5.41, 5.74) is 0. The number of nitrogens with zero attached hydrogens (tertiary/aromatic N) is 3. The number of hydrogen-bond donors (Lipinski definition) is 1. The third-order valence-corrected chi connectivity index (χ3v) is 3.55. The predicted molar refractivity (Wildman–Crippen MR) is 59.2 cm³/mol. The highest BCUT2D eigenvalue weighted by atomic mass is 16.5. The van der Waals surface area contributed by atoms with Gasteiger partial charge in [0.2, 0.25) is 0 Å². The summed E-state index contributed by atoms with van der Waals surface area (Å²) in [6.07, 6.45) is 2.15. The van der Waals surface area contributed by atoms with Crippen LogP contribution < -0.4 is 5.32 Å². The molecule has 0 saturated carbocycles. The Labute approximate surface area is 95.2 Å². The van der Waals surface area contributed by atoms with Gasteiger partial charge in [0.1, 0.15) is 11.6 Å². The molecule has 1 N–H and O–H groups in total. The van der Waals surface area contributed by atoms with Crippen LogP contribution in [0.3, 0.4) is 0 Å². The first-order valence-corrected chi connectivity index (χ1v) is 6.14. The van der Waals surface area contributed by atoms with E-state index in [1.807, 2.05) is 0 Å². The van der Waals surface area contributed by atoms with Crippen LogP contribution in [-0.4, -0.2) is 34.5 Å². The lowest BCUT2D eigenvalue weighted by Gasteiger charge is -2.24. The van der Waals surface area contributed by atoms with Crippen molar-refractivity contribution in [1.82, 2.24) is 20.1 Å². The number of hydrogen-bond acceptors (Lipinski definition) is 4. The molecule has 16 heavy (non-hydrogen) atoms. The average Bonchev–Trinajstić information content (AvgIpc) is 2.96. The van der Waals surface area contributed by atoms with E-state index in [-0.39, 0.29) is 0 Å². The minimum atomic E-state index is 0.373. The molecule has 88 valence electrons. The molecule has 1 saturated heterocycles. The van der Waals surface area contributed by atoms with Gasteiger partial charge in [-0.05, 0) is 12.8 Å². The van der Waals surface area contributed by atoms with E-state index in [0.29, 0.717) is 12.0 Å². The fourth-order valence-electron chi connectivity index (χ4n) is 2.62. The molecule has 5 nitrogen and oxygen atoms in total. The minimum Gasteiger partial charge on any atom is -0.381 e. The molecule has 3 rings (SSSR count). The number of fused-ring (bicyclic) bond motifs is 1. The largest absolute Gasteiger partial charge is 0.381 e. The Morgan fingerprint density at radius 1 is 1.44 bits per heavy atom. The molecular weight excluding hydrogens is 204 g/mol. The Bertz CT molecular complexity index is 370. The van der Waals surface area contributed by atoms with Crippen LogP contribution in [0.1, 0.15) is 43.4 Å². The van der Waals surface area contributed by atoms with Gasteiger partial charge in [-0.25, -0.2) is 0 Å². The Morgan fingerprint density at radius 2 is 2.31 bits per heavy atom. The Hall–Kier alpha value is -0.940. The van der Waals surface area contributed by atoms with Gasteiger partial charge in [0.25, 0.3) is 0 Å². The van der Waals surface area contributed by atoms with E-state index in [1.54, 1.807) is 0 Å². The average molecular weight is 222 g/mol. The van der Waals surface area contributed by atoms with Crippen LogP contribution in [0.15, 0.2) is 0 Å². The van der Waals surface area contributed by atoms with Crippen molar-refractivity contribution in [2.24, 2.45) is 0 Å². The maximum Gasteiger partial charge on any atom is 0.150 e. The lowest BCUT2D eigenvalue weighted by Crippen LogP contribution is -2.34. The summed E-state index contributed by atoms with van der Waals surface area (Å²) in [5, 5.41) is 12.2. The third kappa shape index (κ3) is 1.55. The van der Waals surface area contributed by atoms with Gasteiger partial charge in [-0.3, -0.25) is 0 Å². The minimum absolute atomic E-state index is 0.373. The van der Waals surface area contributed by atoms with Crippen LogP contribution in [0, 0.1) is 0 Å². The summed E-state index contributed by atoms with van der Waals surface area (Å²) >= 11 is 0. The van der Waals surface area contributed by atoms with E-state index in [9.17, 15) is 0 Å². The normalized spacial score (nSPS) is 29.3. The number of rotatable bonds is 2. The standard InChI is InChI=1S/C11H18N4O/c1-2-9-11-14-13-10(8-3-6-16-7-8)15(11)5-4-12-9/h8-9,12H,2-7H2,1H3. The van der Waals surface area contributed by atoms with E-state index in [1.165, 1.54) is 0 Å². The van der Waals surface area contributed by atoms with Crippen LogP contribution in [0.2, 0.25) is 0 Å². The Morgan fingerprint density at radius 3 is 3.06 bits per heavy atom. The second-order valence-corrected chi connectivity index (χ2v) is 4.54. The lowest BCUT2D eigenvalue weighted by atomic mass is 10.1. The molecule has 1 aromatic heterocycles. The first kappa shape index (κ1) is 10.2. The van der Waals surface area contributed by atoms with Crippen molar-refractivity contribution in [3.8, 4) is 0 Å². The Balaban J connectivity index is 1.93. The van der Waals surface area contributed by atoms with Crippen LogP contribution in [0.4, 0.5) is 0 Å². The zero-order valence-electron chi connectivity index (χ0n) is 9.65. The monoisotopic (exact) mass is 222 g/mol. The molecule has 2 aliphatic heterocycles. The summed E-state index contributed by atoms with van der Waals surface area (Å²) in [4.78, 5) is 0. The van der Waals surface area contributed by atoms with E-state index in [4.69, 9.17) is 4.74 Å². The highest BCUT2D eigenvalue weighted by Gasteiger charge is 2.29. The van der Waals surface area contributed by atoms with Crippen molar-refractivity contribution in [3.63, 3.8) is 0 Å². The molecule has 0 spiro atoms. The van der Waals surface area contributed by atoms with Crippen molar-refractivity contribution in [2.45, 2.75) is 38.3 Å². The third-order valence-electron chi connectivity index (χ3n) is 3.55. The van der Waals surface area contributed by atoms with E-state index >= 15 is 0 Å². The molecule has 0 aromatic carbocycles. The van der Waals surface area contributed by atoms with Gasteiger partial charge in [0.05, 0.1) is 12.6 Å². The smallest absolute Gasteiger partial charge is 0.150 e. The fraction of sp³-hybridized carbons (Fsp3) is 0.818. The Kier molecular flexibility index (Phi) is 2.65. The summed E-state index contributed by atoms with van der Waals surface area (Å²) in [7, 11) is 0. The van der Waals surface area contributed by atoms with Crippen LogP contribution in [0.5, 0.6) is 0 Å². The number of aromatic nitrogens is 3. The van der Waals surface area contributed by atoms with Crippen molar-refractivity contribution < 1.29 is 4.74 Å². The summed E-state index contributed by atoms with van der Waals surface area (Å²) in [6, 6.07) is 0.373. The first-order valence-electron chi connectivity index (χ1n) is 6.14. The van der Waals surface area contributed by atoms with Crippen LogP contribution in [-0.2, 0) is 11.3 Å². The zero-order chi connectivity index (χ0) is 11.0. The van der Waals surface area contributed by atoms with Crippen molar-refractivity contribution in [2.75, 3.05) is 19.8 Å². The maximum absolute atomic E-state index is 5.43. The van der Waals surface area contributed by atoms with Gasteiger partial charge < -0.3 is 14.6 Å². The number of ether oxygens (including phenoxy) is 1. The van der Waals surface area contributed by atoms with Gasteiger partial charge in [-0.1, -0.05) is 6.92 Å². The molecule has 0 bridgehead atoms.